The molecule has 2 fully saturated rings. The topological polar surface area (TPSA) is 56.3 Å². The molecule has 0 saturated carbocycles. The Morgan fingerprint density at radius 1 is 0.958 bits per heavy atom. The molecule has 24 heavy (non-hydrogen) atoms. The van der Waals surface area contributed by atoms with Gasteiger partial charge in [-0.1, -0.05) is 0 Å². The van der Waals surface area contributed by atoms with Gasteiger partial charge >= 0.3 is 0 Å². The lowest BCUT2D eigenvalue weighted by Crippen LogP contribution is -2.34. The first kappa shape index (κ1) is 17.2. The summed E-state index contributed by atoms with van der Waals surface area (Å²) >= 11 is 5.31. The van der Waals surface area contributed by atoms with Gasteiger partial charge in [0.1, 0.15) is 11.6 Å². The van der Waals surface area contributed by atoms with Gasteiger partial charge in [0.2, 0.25) is 5.95 Å². The van der Waals surface area contributed by atoms with Gasteiger partial charge < -0.3 is 20.4 Å². The van der Waals surface area contributed by atoms with Gasteiger partial charge in [0.25, 0.3) is 0 Å². The molecule has 0 amide bonds. The first-order chi connectivity index (χ1) is 11.8. The van der Waals surface area contributed by atoms with Crippen molar-refractivity contribution in [3.05, 3.63) is 6.07 Å². The molecule has 1 aromatic heterocycles. The van der Waals surface area contributed by atoms with Crippen LogP contribution in [0.15, 0.2) is 6.07 Å². The maximum atomic E-state index is 5.31. The number of nitrogens with zero attached hydrogens (tertiary/aromatic N) is 4. The van der Waals surface area contributed by atoms with Crippen molar-refractivity contribution in [3.63, 3.8) is 0 Å². The van der Waals surface area contributed by atoms with E-state index in [1.165, 1.54) is 38.5 Å². The van der Waals surface area contributed by atoms with Crippen LogP contribution in [0.5, 0.6) is 0 Å². The Kier molecular flexibility index (Phi) is 6.07. The number of hydrogen-bond donors (Lipinski definition) is 2. The fourth-order valence-electron chi connectivity index (χ4n) is 3.35. The van der Waals surface area contributed by atoms with E-state index in [4.69, 9.17) is 22.2 Å². The Hall–Kier alpha value is -1.63. The van der Waals surface area contributed by atoms with Gasteiger partial charge in [0.15, 0.2) is 5.11 Å². The summed E-state index contributed by atoms with van der Waals surface area (Å²) in [5.74, 6) is 2.64. The van der Waals surface area contributed by atoms with Gasteiger partial charge in [-0.15, -0.1) is 0 Å². The molecule has 0 radical (unpaired) electrons. The van der Waals surface area contributed by atoms with Crippen molar-refractivity contribution < 1.29 is 0 Å². The van der Waals surface area contributed by atoms with Crippen molar-refractivity contribution in [1.29, 1.82) is 0 Å². The van der Waals surface area contributed by atoms with E-state index >= 15 is 0 Å². The van der Waals surface area contributed by atoms with Crippen molar-refractivity contribution in [2.45, 2.75) is 45.4 Å². The van der Waals surface area contributed by atoms with E-state index in [-0.39, 0.29) is 0 Å². The predicted molar refractivity (Wildman–Crippen MR) is 104 cm³/mol. The zero-order valence-corrected chi connectivity index (χ0v) is 15.4. The molecule has 2 aliphatic rings. The van der Waals surface area contributed by atoms with Crippen molar-refractivity contribution in [2.24, 2.45) is 0 Å². The molecule has 0 atom stereocenters. The SMILES string of the molecule is CCNC(=S)Nc1nc(N2CCCCC2)cc(N2CCCCC2)n1. The van der Waals surface area contributed by atoms with Crippen LogP contribution in [0.25, 0.3) is 0 Å². The Morgan fingerprint density at radius 2 is 1.46 bits per heavy atom. The van der Waals surface area contributed by atoms with E-state index in [1.54, 1.807) is 0 Å². The highest BCUT2D eigenvalue weighted by atomic mass is 32.1. The molecule has 2 N–H and O–H groups in total. The Morgan fingerprint density at radius 3 is 1.92 bits per heavy atom. The summed E-state index contributed by atoms with van der Waals surface area (Å²) in [4.78, 5) is 14.2. The highest BCUT2D eigenvalue weighted by molar-refractivity contribution is 7.80. The number of nitrogens with one attached hydrogen (secondary N) is 2. The van der Waals surface area contributed by atoms with Crippen molar-refractivity contribution in [1.82, 2.24) is 15.3 Å². The summed E-state index contributed by atoms with van der Waals surface area (Å²) in [5, 5.41) is 6.83. The third-order valence-electron chi connectivity index (χ3n) is 4.62. The van der Waals surface area contributed by atoms with E-state index in [1.807, 2.05) is 6.92 Å². The molecule has 3 heterocycles. The van der Waals surface area contributed by atoms with Crippen LogP contribution in [0.3, 0.4) is 0 Å². The molecule has 6 nitrogen and oxygen atoms in total. The minimum Gasteiger partial charge on any atom is -0.363 e. The van der Waals surface area contributed by atoms with Crippen LogP contribution >= 0.6 is 12.2 Å². The summed E-state index contributed by atoms with van der Waals surface area (Å²) in [5.41, 5.74) is 0. The summed E-state index contributed by atoms with van der Waals surface area (Å²) in [6, 6.07) is 2.15. The molecule has 0 spiro atoms. The molecular formula is C17H28N6S. The quantitative estimate of drug-likeness (QED) is 0.812. The second kappa shape index (κ2) is 8.46. The van der Waals surface area contributed by atoms with Crippen LogP contribution in [0.4, 0.5) is 17.6 Å². The maximum Gasteiger partial charge on any atom is 0.232 e. The number of piperidine rings is 2. The number of hydrogen-bond acceptors (Lipinski definition) is 5. The van der Waals surface area contributed by atoms with E-state index < -0.39 is 0 Å². The van der Waals surface area contributed by atoms with E-state index in [2.05, 4.69) is 26.5 Å². The number of aromatic nitrogens is 2. The molecule has 0 unspecified atom stereocenters. The minimum atomic E-state index is 0.581. The highest BCUT2D eigenvalue weighted by Crippen LogP contribution is 2.25. The molecule has 0 bridgehead atoms. The van der Waals surface area contributed by atoms with Gasteiger partial charge in [0.05, 0.1) is 0 Å². The standard InChI is InChI=1S/C17H28N6S/c1-2-18-17(24)21-16-19-14(22-9-5-3-6-10-22)13-15(20-16)23-11-7-4-8-12-23/h13H,2-12H2,1H3,(H2,18,19,20,21,24). The molecule has 0 aromatic carbocycles. The number of thiocarbonyl (C=S) groups is 1. The summed E-state index contributed by atoms with van der Waals surface area (Å²) < 4.78 is 0. The van der Waals surface area contributed by atoms with Crippen molar-refractivity contribution in [2.75, 3.05) is 47.8 Å². The minimum absolute atomic E-state index is 0.581. The van der Waals surface area contributed by atoms with Crippen LogP contribution in [-0.4, -0.2) is 47.8 Å². The molecule has 7 heteroatoms. The Bertz CT molecular complexity index is 516. The first-order valence-electron chi connectivity index (χ1n) is 9.20. The molecule has 3 rings (SSSR count). The fraction of sp³-hybridized carbons (Fsp3) is 0.706. The Balaban J connectivity index is 1.84. The average molecular weight is 349 g/mol. The van der Waals surface area contributed by atoms with E-state index in [9.17, 15) is 0 Å². The van der Waals surface area contributed by atoms with E-state index in [0.717, 1.165) is 44.4 Å². The average Bonchev–Trinajstić information content (AvgIpc) is 2.63. The lowest BCUT2D eigenvalue weighted by Gasteiger charge is -2.31. The first-order valence-corrected chi connectivity index (χ1v) is 9.61. The van der Waals surface area contributed by atoms with Gasteiger partial charge in [0, 0.05) is 38.8 Å². The highest BCUT2D eigenvalue weighted by Gasteiger charge is 2.19. The maximum absolute atomic E-state index is 5.31. The van der Waals surface area contributed by atoms with Crippen LogP contribution in [0.1, 0.15) is 45.4 Å². The third kappa shape index (κ3) is 4.47. The monoisotopic (exact) mass is 348 g/mol. The van der Waals surface area contributed by atoms with Crippen molar-refractivity contribution in [3.8, 4) is 0 Å². The van der Waals surface area contributed by atoms with Gasteiger partial charge in [-0.25, -0.2) is 0 Å². The molecule has 1 aromatic rings. The normalized spacial score (nSPS) is 18.4. The Labute approximate surface area is 150 Å². The van der Waals surface area contributed by atoms with Gasteiger partial charge in [-0.2, -0.15) is 9.97 Å². The largest absolute Gasteiger partial charge is 0.363 e. The third-order valence-corrected chi connectivity index (χ3v) is 4.87. The van der Waals surface area contributed by atoms with Crippen molar-refractivity contribution >= 4 is 34.9 Å². The fourth-order valence-corrected chi connectivity index (χ4v) is 3.59. The summed E-state index contributed by atoms with van der Waals surface area (Å²) in [7, 11) is 0. The van der Waals surface area contributed by atoms with Crippen LogP contribution in [0.2, 0.25) is 0 Å². The van der Waals surface area contributed by atoms with Crippen LogP contribution in [-0.2, 0) is 0 Å². The molecule has 132 valence electrons. The van der Waals surface area contributed by atoms with Gasteiger partial charge in [-0.3, -0.25) is 0 Å². The van der Waals surface area contributed by atoms with Crippen LogP contribution in [0, 0.1) is 0 Å². The lowest BCUT2D eigenvalue weighted by atomic mass is 10.1. The second-order valence-corrected chi connectivity index (χ2v) is 6.90. The molecule has 0 aliphatic carbocycles. The van der Waals surface area contributed by atoms with Crippen LogP contribution < -0.4 is 20.4 Å². The molecule has 2 saturated heterocycles. The number of rotatable bonds is 4. The lowest BCUT2D eigenvalue weighted by molar-refractivity contribution is 0.567. The molecular weight excluding hydrogens is 320 g/mol. The zero-order valence-electron chi connectivity index (χ0n) is 14.6. The molecule has 2 aliphatic heterocycles. The summed E-state index contributed by atoms with van der Waals surface area (Å²) in [6.07, 6.45) is 7.58. The smallest absolute Gasteiger partial charge is 0.232 e. The number of anilines is 3. The predicted octanol–water partition coefficient (Wildman–Crippen LogP) is 2.76. The zero-order chi connectivity index (χ0) is 16.8. The summed E-state index contributed by atoms with van der Waals surface area (Å²) in [6.45, 7) is 7.12. The second-order valence-electron chi connectivity index (χ2n) is 6.49. The van der Waals surface area contributed by atoms with E-state index in [0.29, 0.717) is 11.1 Å². The van der Waals surface area contributed by atoms with Gasteiger partial charge in [-0.05, 0) is 57.7 Å².